The van der Waals surface area contributed by atoms with Gasteiger partial charge >= 0.3 is 5.97 Å². The van der Waals surface area contributed by atoms with Crippen molar-refractivity contribution in [1.29, 1.82) is 0 Å². The third kappa shape index (κ3) is 2.60. The highest BCUT2D eigenvalue weighted by Gasteiger charge is 2.09. The van der Waals surface area contributed by atoms with E-state index in [2.05, 4.69) is 15.3 Å². The van der Waals surface area contributed by atoms with Gasteiger partial charge in [0.05, 0.1) is 12.2 Å². The van der Waals surface area contributed by atoms with E-state index in [4.69, 9.17) is 9.52 Å². The van der Waals surface area contributed by atoms with Crippen LogP contribution in [0.2, 0.25) is 0 Å². The third-order valence-corrected chi connectivity index (χ3v) is 2.18. The lowest BCUT2D eigenvalue weighted by Gasteiger charge is -2.04. The van der Waals surface area contributed by atoms with Crippen molar-refractivity contribution < 1.29 is 14.3 Å². The Morgan fingerprint density at radius 1 is 1.41 bits per heavy atom. The molecular weight excluding hydrogens is 222 g/mol. The Bertz CT molecular complexity index is 536. The van der Waals surface area contributed by atoms with Gasteiger partial charge in [-0.05, 0) is 19.1 Å². The van der Waals surface area contributed by atoms with Gasteiger partial charge in [0, 0.05) is 12.4 Å². The molecule has 0 amide bonds. The lowest BCUT2D eigenvalue weighted by Crippen LogP contribution is -2.03. The van der Waals surface area contributed by atoms with Gasteiger partial charge in [-0.2, -0.15) is 0 Å². The van der Waals surface area contributed by atoms with Crippen molar-refractivity contribution in [1.82, 2.24) is 9.97 Å². The number of rotatable bonds is 4. The minimum absolute atomic E-state index is 0.0716. The summed E-state index contributed by atoms with van der Waals surface area (Å²) in [7, 11) is 0. The monoisotopic (exact) mass is 233 g/mol. The van der Waals surface area contributed by atoms with E-state index >= 15 is 0 Å². The molecule has 0 aliphatic heterocycles. The molecule has 0 saturated carbocycles. The van der Waals surface area contributed by atoms with Crippen LogP contribution in [0, 0.1) is 6.92 Å². The molecule has 0 saturated heterocycles. The van der Waals surface area contributed by atoms with Crippen molar-refractivity contribution in [3.8, 4) is 0 Å². The van der Waals surface area contributed by atoms with Crippen LogP contribution >= 0.6 is 0 Å². The van der Waals surface area contributed by atoms with E-state index in [0.29, 0.717) is 18.1 Å². The lowest BCUT2D eigenvalue weighted by molar-refractivity contribution is 0.0660. The maximum Gasteiger partial charge on any atom is 0.371 e. The Kier molecular flexibility index (Phi) is 3.04. The Morgan fingerprint density at radius 2 is 2.18 bits per heavy atom. The van der Waals surface area contributed by atoms with Crippen LogP contribution in [-0.2, 0) is 6.54 Å². The van der Waals surface area contributed by atoms with E-state index in [1.807, 2.05) is 6.92 Å². The van der Waals surface area contributed by atoms with Gasteiger partial charge < -0.3 is 14.8 Å². The smallest absolute Gasteiger partial charge is 0.371 e. The molecule has 17 heavy (non-hydrogen) atoms. The first-order valence-corrected chi connectivity index (χ1v) is 5.00. The maximum absolute atomic E-state index is 10.6. The maximum atomic E-state index is 10.6. The molecule has 0 aliphatic carbocycles. The molecule has 2 aromatic rings. The minimum Gasteiger partial charge on any atom is -0.475 e. The third-order valence-electron chi connectivity index (χ3n) is 2.18. The number of aromatic carboxylic acids is 1. The zero-order valence-electron chi connectivity index (χ0n) is 9.17. The first kappa shape index (κ1) is 11.1. The molecule has 88 valence electrons. The van der Waals surface area contributed by atoms with Crippen molar-refractivity contribution in [2.24, 2.45) is 0 Å². The second kappa shape index (κ2) is 4.65. The number of aromatic nitrogens is 2. The number of furan rings is 1. The SMILES string of the molecule is Cc1nccnc1NCc1ccc(C(=O)O)o1. The van der Waals surface area contributed by atoms with Crippen molar-refractivity contribution in [2.75, 3.05) is 5.32 Å². The van der Waals surface area contributed by atoms with Gasteiger partial charge in [-0.1, -0.05) is 0 Å². The molecule has 2 heterocycles. The van der Waals surface area contributed by atoms with Crippen LogP contribution in [0.4, 0.5) is 5.82 Å². The zero-order valence-corrected chi connectivity index (χ0v) is 9.17. The number of aryl methyl sites for hydroxylation is 1. The zero-order chi connectivity index (χ0) is 12.3. The van der Waals surface area contributed by atoms with E-state index in [0.717, 1.165) is 5.69 Å². The molecule has 0 spiro atoms. The van der Waals surface area contributed by atoms with Crippen LogP contribution in [0.5, 0.6) is 0 Å². The Balaban J connectivity index is 2.02. The molecule has 0 aliphatic rings. The average molecular weight is 233 g/mol. The van der Waals surface area contributed by atoms with Crippen LogP contribution in [0.15, 0.2) is 28.9 Å². The molecule has 6 nitrogen and oxygen atoms in total. The van der Waals surface area contributed by atoms with E-state index in [-0.39, 0.29) is 5.76 Å². The van der Waals surface area contributed by atoms with E-state index in [1.165, 1.54) is 6.07 Å². The summed E-state index contributed by atoms with van der Waals surface area (Å²) in [5.74, 6) is 0.0397. The largest absolute Gasteiger partial charge is 0.475 e. The molecule has 2 N–H and O–H groups in total. The van der Waals surface area contributed by atoms with E-state index in [9.17, 15) is 4.79 Å². The Hall–Kier alpha value is -2.37. The first-order chi connectivity index (χ1) is 8.16. The second-order valence-electron chi connectivity index (χ2n) is 3.42. The summed E-state index contributed by atoms with van der Waals surface area (Å²) in [4.78, 5) is 18.8. The number of carboxylic acid groups (broad SMARTS) is 1. The number of nitrogens with one attached hydrogen (secondary N) is 1. The normalized spacial score (nSPS) is 10.2. The van der Waals surface area contributed by atoms with Crippen molar-refractivity contribution in [2.45, 2.75) is 13.5 Å². The topological polar surface area (TPSA) is 88.2 Å². The van der Waals surface area contributed by atoms with Gasteiger partial charge in [0.25, 0.3) is 0 Å². The molecule has 2 rings (SSSR count). The highest BCUT2D eigenvalue weighted by atomic mass is 16.4. The highest BCUT2D eigenvalue weighted by Crippen LogP contribution is 2.11. The molecule has 0 fully saturated rings. The summed E-state index contributed by atoms with van der Waals surface area (Å²) in [6.07, 6.45) is 3.19. The summed E-state index contributed by atoms with van der Waals surface area (Å²) >= 11 is 0. The number of nitrogens with zero attached hydrogens (tertiary/aromatic N) is 2. The van der Waals surface area contributed by atoms with E-state index < -0.39 is 5.97 Å². The Labute approximate surface area is 97.3 Å². The summed E-state index contributed by atoms with van der Waals surface area (Å²) in [6, 6.07) is 3.03. The number of hydrogen-bond acceptors (Lipinski definition) is 5. The van der Waals surface area contributed by atoms with Gasteiger partial charge in [-0.25, -0.2) is 9.78 Å². The number of carboxylic acids is 1. The van der Waals surface area contributed by atoms with Crippen molar-refractivity contribution >= 4 is 11.8 Å². The summed E-state index contributed by atoms with van der Waals surface area (Å²) in [6.45, 7) is 2.20. The fourth-order valence-electron chi connectivity index (χ4n) is 1.34. The van der Waals surface area contributed by atoms with Crippen LogP contribution in [0.25, 0.3) is 0 Å². The highest BCUT2D eigenvalue weighted by molar-refractivity contribution is 5.84. The van der Waals surface area contributed by atoms with E-state index in [1.54, 1.807) is 18.5 Å². The van der Waals surface area contributed by atoms with Gasteiger partial charge in [0.2, 0.25) is 5.76 Å². The van der Waals surface area contributed by atoms with Crippen LogP contribution in [0.1, 0.15) is 22.0 Å². The number of carbonyl (C=O) groups is 1. The number of anilines is 1. The van der Waals surface area contributed by atoms with Gasteiger partial charge in [-0.3, -0.25) is 4.98 Å². The van der Waals surface area contributed by atoms with Gasteiger partial charge in [0.15, 0.2) is 0 Å². The predicted octanol–water partition coefficient (Wildman–Crippen LogP) is 1.69. The lowest BCUT2D eigenvalue weighted by atomic mass is 10.4. The standard InChI is InChI=1S/C11H11N3O3/c1-7-10(13-5-4-12-7)14-6-8-2-3-9(17-8)11(15)16/h2-5H,6H2,1H3,(H,13,14)(H,15,16). The average Bonchev–Trinajstić information content (AvgIpc) is 2.77. The molecule has 0 unspecified atom stereocenters. The second-order valence-corrected chi connectivity index (χ2v) is 3.42. The fourth-order valence-corrected chi connectivity index (χ4v) is 1.34. The van der Waals surface area contributed by atoms with Gasteiger partial charge in [0.1, 0.15) is 11.6 Å². The predicted molar refractivity (Wildman–Crippen MR) is 59.8 cm³/mol. The molecule has 0 bridgehead atoms. The summed E-state index contributed by atoms with van der Waals surface area (Å²) in [5, 5.41) is 11.7. The molecule has 0 radical (unpaired) electrons. The van der Waals surface area contributed by atoms with Crippen molar-refractivity contribution in [3.63, 3.8) is 0 Å². The van der Waals surface area contributed by atoms with Crippen LogP contribution in [0.3, 0.4) is 0 Å². The number of hydrogen-bond donors (Lipinski definition) is 2. The molecule has 0 atom stereocenters. The molecule has 6 heteroatoms. The van der Waals surface area contributed by atoms with Gasteiger partial charge in [-0.15, -0.1) is 0 Å². The fraction of sp³-hybridized carbons (Fsp3) is 0.182. The minimum atomic E-state index is -1.08. The van der Waals surface area contributed by atoms with Crippen LogP contribution < -0.4 is 5.32 Å². The summed E-state index contributed by atoms with van der Waals surface area (Å²) < 4.78 is 5.10. The summed E-state index contributed by atoms with van der Waals surface area (Å²) in [5.41, 5.74) is 0.775. The molecule has 0 aromatic carbocycles. The Morgan fingerprint density at radius 3 is 2.82 bits per heavy atom. The molecule has 2 aromatic heterocycles. The van der Waals surface area contributed by atoms with Crippen molar-refractivity contribution in [3.05, 3.63) is 41.7 Å². The molecular formula is C11H11N3O3. The quantitative estimate of drug-likeness (QED) is 0.835. The first-order valence-electron chi connectivity index (χ1n) is 5.00. The van der Waals surface area contributed by atoms with Crippen LogP contribution in [-0.4, -0.2) is 21.0 Å².